The third-order valence-corrected chi connectivity index (χ3v) is 5.56. The van der Waals surface area contributed by atoms with Crippen LogP contribution in [0, 0.1) is 17.7 Å². The van der Waals surface area contributed by atoms with Crippen molar-refractivity contribution in [3.63, 3.8) is 0 Å². The monoisotopic (exact) mass is 542 g/mol. The van der Waals surface area contributed by atoms with Crippen LogP contribution in [0.5, 0.6) is 17.4 Å². The Bertz CT molecular complexity index is 1090. The van der Waals surface area contributed by atoms with Crippen molar-refractivity contribution >= 4 is 35.1 Å². The minimum Gasteiger partial charge on any atom is -0.476 e. The Morgan fingerprint density at radius 3 is 2.33 bits per heavy atom. The van der Waals surface area contributed by atoms with Gasteiger partial charge in [0.25, 0.3) is 5.91 Å². The molecule has 0 spiro atoms. The molecular formula is C26H33Cl2FN2O5. The lowest BCUT2D eigenvalue weighted by atomic mass is 9.98. The van der Waals surface area contributed by atoms with Crippen molar-refractivity contribution in [1.82, 2.24) is 10.3 Å². The molecule has 198 valence electrons. The predicted molar refractivity (Wildman–Crippen MR) is 138 cm³/mol. The lowest BCUT2D eigenvalue weighted by Crippen LogP contribution is -2.48. The second-order valence-corrected chi connectivity index (χ2v) is 10.7. The molecule has 0 aliphatic heterocycles. The van der Waals surface area contributed by atoms with Gasteiger partial charge in [-0.1, -0.05) is 57.3 Å². The number of pyridine rings is 1. The van der Waals surface area contributed by atoms with E-state index in [-0.39, 0.29) is 38.9 Å². The van der Waals surface area contributed by atoms with E-state index in [0.29, 0.717) is 18.9 Å². The number of aromatic nitrogens is 1. The molecule has 36 heavy (non-hydrogen) atoms. The van der Waals surface area contributed by atoms with Crippen LogP contribution in [0.4, 0.5) is 4.39 Å². The Kier molecular flexibility index (Phi) is 10.4. The molecule has 0 aliphatic rings. The van der Waals surface area contributed by atoms with Crippen molar-refractivity contribution in [2.75, 3.05) is 6.61 Å². The van der Waals surface area contributed by atoms with Crippen molar-refractivity contribution in [2.24, 2.45) is 11.8 Å². The first-order valence-corrected chi connectivity index (χ1v) is 12.5. The maximum Gasteiger partial charge on any atom is 0.329 e. The molecule has 1 aromatic heterocycles. The van der Waals surface area contributed by atoms with E-state index in [9.17, 15) is 14.0 Å². The summed E-state index contributed by atoms with van der Waals surface area (Å²) in [5, 5.41) is 2.79. The number of ether oxygens (including phenoxy) is 3. The molecule has 7 nitrogen and oxygen atoms in total. The summed E-state index contributed by atoms with van der Waals surface area (Å²) in [5.41, 5.74) is -1.07. The Morgan fingerprint density at radius 2 is 1.78 bits per heavy atom. The van der Waals surface area contributed by atoms with Crippen LogP contribution in [0.25, 0.3) is 0 Å². The maximum absolute atomic E-state index is 14.9. The first kappa shape index (κ1) is 29.6. The van der Waals surface area contributed by atoms with E-state index in [4.69, 9.17) is 37.4 Å². The first-order valence-electron chi connectivity index (χ1n) is 11.7. The van der Waals surface area contributed by atoms with Crippen molar-refractivity contribution in [2.45, 2.75) is 66.5 Å². The van der Waals surface area contributed by atoms with Crippen LogP contribution in [0.2, 0.25) is 10.0 Å². The summed E-state index contributed by atoms with van der Waals surface area (Å²) >= 11 is 12.5. The number of nitrogens with zero attached hydrogens (tertiary/aromatic N) is 1. The molecule has 2 rings (SSSR count). The highest BCUT2D eigenvalue weighted by Crippen LogP contribution is 2.34. The lowest BCUT2D eigenvalue weighted by molar-refractivity contribution is -0.158. The number of halogens is 3. The molecule has 0 aliphatic carbocycles. The Hall–Kier alpha value is -2.58. The number of carbonyl (C=O) groups is 2. The summed E-state index contributed by atoms with van der Waals surface area (Å²) in [5.74, 6) is -1.80. The quantitative estimate of drug-likeness (QED) is 0.330. The number of nitrogens with one attached hydrogen (secondary N) is 1. The zero-order valence-electron chi connectivity index (χ0n) is 21.6. The van der Waals surface area contributed by atoms with Crippen molar-refractivity contribution in [3.05, 3.63) is 45.8 Å². The molecule has 2 atom stereocenters. The van der Waals surface area contributed by atoms with Crippen LogP contribution in [0.15, 0.2) is 24.4 Å². The average molecular weight is 543 g/mol. The van der Waals surface area contributed by atoms with E-state index in [1.54, 1.807) is 27.7 Å². The third kappa shape index (κ3) is 8.52. The fourth-order valence-electron chi connectivity index (χ4n) is 2.98. The highest BCUT2D eigenvalue weighted by molar-refractivity contribution is 6.32. The first-order chi connectivity index (χ1) is 16.7. The summed E-state index contributed by atoms with van der Waals surface area (Å²) in [7, 11) is 0. The largest absolute Gasteiger partial charge is 0.476 e. The lowest BCUT2D eigenvalue weighted by Gasteiger charge is -2.27. The molecule has 1 unspecified atom stereocenters. The highest BCUT2D eigenvalue weighted by atomic mass is 35.5. The smallest absolute Gasteiger partial charge is 0.329 e. The number of carbonyl (C=O) groups excluding carboxylic acids is 2. The van der Waals surface area contributed by atoms with Crippen LogP contribution >= 0.6 is 23.2 Å². The van der Waals surface area contributed by atoms with Crippen LogP contribution < -0.4 is 14.8 Å². The SMILES string of the molecule is CCC(C)[C@H](NC(=O)c1cc(Cl)c(Oc2cnc(OCC(C)C)c(Cl)c2)cc1F)C(=O)OC(C)(C)C. The normalized spacial score (nSPS) is 13.2. The summed E-state index contributed by atoms with van der Waals surface area (Å²) in [4.78, 5) is 29.7. The molecule has 0 fully saturated rings. The van der Waals surface area contributed by atoms with Crippen LogP contribution in [0.3, 0.4) is 0 Å². The molecule has 0 radical (unpaired) electrons. The molecule has 1 amide bonds. The Labute approximate surface area is 221 Å². The van der Waals surface area contributed by atoms with Gasteiger partial charge in [-0.3, -0.25) is 4.79 Å². The van der Waals surface area contributed by atoms with Crippen molar-refractivity contribution in [1.29, 1.82) is 0 Å². The predicted octanol–water partition coefficient (Wildman–Crippen LogP) is 6.84. The van der Waals surface area contributed by atoms with Gasteiger partial charge in [0.2, 0.25) is 5.88 Å². The molecule has 10 heteroatoms. The molecule has 1 N–H and O–H groups in total. The van der Waals surface area contributed by atoms with Crippen molar-refractivity contribution in [3.8, 4) is 17.4 Å². The Balaban J connectivity index is 2.21. The van der Waals surface area contributed by atoms with Gasteiger partial charge in [-0.2, -0.15) is 0 Å². The molecule has 0 saturated heterocycles. The topological polar surface area (TPSA) is 86.8 Å². The number of amides is 1. The second-order valence-electron chi connectivity index (χ2n) is 9.90. The van der Waals surface area contributed by atoms with Gasteiger partial charge < -0.3 is 19.5 Å². The number of esters is 1. The van der Waals surface area contributed by atoms with Gasteiger partial charge in [-0.25, -0.2) is 14.2 Å². The minimum absolute atomic E-state index is 0.0184. The number of hydrogen-bond acceptors (Lipinski definition) is 6. The Morgan fingerprint density at radius 1 is 1.11 bits per heavy atom. The standard InChI is InChI=1S/C26H33Cl2FN2O5/c1-8-15(4)22(25(33)36-26(5,6)7)31-23(32)17-10-18(27)21(11-20(17)29)35-16-9-19(28)24(30-12-16)34-13-14(2)3/h9-12,14-15,22H,8,13H2,1-7H3,(H,31,32)/t15?,22-/m0/s1. The fourth-order valence-corrected chi connectivity index (χ4v) is 3.39. The highest BCUT2D eigenvalue weighted by Gasteiger charge is 2.31. The maximum atomic E-state index is 14.9. The fraction of sp³-hybridized carbons (Fsp3) is 0.500. The summed E-state index contributed by atoms with van der Waals surface area (Å²) < 4.78 is 31.5. The number of hydrogen-bond donors (Lipinski definition) is 1. The van der Waals surface area contributed by atoms with Gasteiger partial charge in [0.1, 0.15) is 34.0 Å². The van der Waals surface area contributed by atoms with Crippen LogP contribution in [-0.2, 0) is 9.53 Å². The molecule has 0 saturated carbocycles. The van der Waals surface area contributed by atoms with Crippen molar-refractivity contribution < 1.29 is 28.2 Å². The van der Waals surface area contributed by atoms with Crippen LogP contribution in [0.1, 0.15) is 65.2 Å². The van der Waals surface area contributed by atoms with E-state index >= 15 is 0 Å². The van der Waals surface area contributed by atoms with E-state index in [1.807, 2.05) is 20.8 Å². The van der Waals surface area contributed by atoms with E-state index in [0.717, 1.165) is 12.1 Å². The van der Waals surface area contributed by atoms with Gasteiger partial charge in [0, 0.05) is 12.1 Å². The second kappa shape index (κ2) is 12.6. The molecule has 2 aromatic rings. The van der Waals surface area contributed by atoms with Crippen LogP contribution in [-0.4, -0.2) is 35.1 Å². The summed E-state index contributed by atoms with van der Waals surface area (Å²) in [6.07, 6.45) is 1.96. The van der Waals surface area contributed by atoms with Gasteiger partial charge in [-0.05, 0) is 38.7 Å². The van der Waals surface area contributed by atoms with E-state index < -0.39 is 29.3 Å². The van der Waals surface area contributed by atoms with Gasteiger partial charge in [0.15, 0.2) is 0 Å². The minimum atomic E-state index is -0.958. The third-order valence-electron chi connectivity index (χ3n) is 4.99. The summed E-state index contributed by atoms with van der Waals surface area (Å²) in [6, 6.07) is 2.64. The van der Waals surface area contributed by atoms with Gasteiger partial charge >= 0.3 is 5.97 Å². The van der Waals surface area contributed by atoms with E-state index in [2.05, 4.69) is 10.3 Å². The molecule has 1 aromatic carbocycles. The zero-order chi connectivity index (χ0) is 27.2. The molecule has 0 bridgehead atoms. The average Bonchev–Trinajstić information content (AvgIpc) is 2.77. The van der Waals surface area contributed by atoms with E-state index in [1.165, 1.54) is 12.3 Å². The van der Waals surface area contributed by atoms with Gasteiger partial charge in [0.05, 0.1) is 23.4 Å². The molecule has 1 heterocycles. The van der Waals surface area contributed by atoms with Gasteiger partial charge in [-0.15, -0.1) is 0 Å². The number of benzene rings is 1. The molecular weight excluding hydrogens is 510 g/mol. The summed E-state index contributed by atoms with van der Waals surface area (Å²) in [6.45, 7) is 13.3. The zero-order valence-corrected chi connectivity index (χ0v) is 23.1. The number of rotatable bonds is 10.